The van der Waals surface area contributed by atoms with Crippen LogP contribution < -0.4 is 0 Å². The van der Waals surface area contributed by atoms with E-state index >= 15 is 0 Å². The first-order chi connectivity index (χ1) is 27.0. The van der Waals surface area contributed by atoms with Gasteiger partial charge >= 0.3 is 0 Å². The number of hydrogen-bond donors (Lipinski definition) is 0. The Hall–Kier alpha value is -7.11. The number of nitrogens with zero attached hydrogens (tertiary/aromatic N) is 5. The summed E-state index contributed by atoms with van der Waals surface area (Å²) >= 11 is 0. The first-order valence-corrected chi connectivity index (χ1v) is 19.0. The van der Waals surface area contributed by atoms with E-state index < -0.39 is 0 Å². The molecule has 55 heavy (non-hydrogen) atoms. The quantitative estimate of drug-likeness (QED) is 0.179. The first-order valence-electron chi connectivity index (χ1n) is 19.0. The standard InChI is InChI=1S/C50H35N5/c1-50(2)43-19-9-6-15-37(43)40-31-34(22-25-44(40)50)36-18-12-28-52-49(36)51-55(52)54-47-21-11-8-17-39(47)42-30-33(24-27-48(42)54)32-23-26-46-41(29-32)38-16-7-10-20-45(38)53(46)35-13-4-3-5-14-35/h3-31H,1-2H3. The second-order valence-corrected chi connectivity index (χ2v) is 15.4. The Morgan fingerprint density at radius 1 is 0.436 bits per heavy atom. The number of rotatable bonds is 4. The van der Waals surface area contributed by atoms with E-state index in [0.717, 1.165) is 22.2 Å². The highest BCUT2D eigenvalue weighted by Crippen LogP contribution is 2.49. The van der Waals surface area contributed by atoms with Crippen molar-refractivity contribution in [2.45, 2.75) is 19.3 Å². The van der Waals surface area contributed by atoms with Gasteiger partial charge in [0.05, 0.1) is 22.1 Å². The molecule has 0 atom stereocenters. The smallest absolute Gasteiger partial charge is 0.186 e. The van der Waals surface area contributed by atoms with Crippen molar-refractivity contribution in [1.29, 1.82) is 0 Å². The molecule has 11 aromatic rings. The van der Waals surface area contributed by atoms with Gasteiger partial charge < -0.3 is 4.57 Å². The van der Waals surface area contributed by atoms with Gasteiger partial charge in [-0.05, 0) is 106 Å². The SMILES string of the molecule is CC1(C)c2ccccc2-c2cc(-c3cccn4c3nn4-n3c4ccccc4c4cc(-c5ccc6c(c5)c5ccccc5n6-c5ccccc5)ccc43)ccc21. The van der Waals surface area contributed by atoms with Crippen LogP contribution in [0, 0.1) is 0 Å². The van der Waals surface area contributed by atoms with Gasteiger partial charge in [-0.1, -0.05) is 122 Å². The van der Waals surface area contributed by atoms with E-state index in [2.05, 4.69) is 204 Å². The van der Waals surface area contributed by atoms with Crippen molar-refractivity contribution in [3.8, 4) is 39.1 Å². The van der Waals surface area contributed by atoms with Crippen LogP contribution in [0.3, 0.4) is 0 Å². The molecule has 4 aromatic heterocycles. The van der Waals surface area contributed by atoms with Gasteiger partial charge in [-0.15, -0.1) is 5.10 Å². The number of aromatic nitrogens is 5. The highest BCUT2D eigenvalue weighted by atomic mass is 15.8. The van der Waals surface area contributed by atoms with Crippen molar-refractivity contribution in [1.82, 2.24) is 23.8 Å². The molecule has 260 valence electrons. The topological polar surface area (TPSA) is 32.1 Å². The Morgan fingerprint density at radius 3 is 1.84 bits per heavy atom. The maximum absolute atomic E-state index is 5.20. The maximum Gasteiger partial charge on any atom is 0.186 e. The van der Waals surface area contributed by atoms with Gasteiger partial charge in [0, 0.05) is 44.4 Å². The zero-order chi connectivity index (χ0) is 36.4. The van der Waals surface area contributed by atoms with Crippen LogP contribution in [0.1, 0.15) is 25.0 Å². The number of para-hydroxylation sites is 3. The van der Waals surface area contributed by atoms with Crippen LogP contribution in [-0.2, 0) is 5.41 Å². The summed E-state index contributed by atoms with van der Waals surface area (Å²) in [6.07, 6.45) is 2.10. The van der Waals surface area contributed by atoms with Crippen molar-refractivity contribution in [2.75, 3.05) is 0 Å². The van der Waals surface area contributed by atoms with E-state index in [9.17, 15) is 0 Å². The van der Waals surface area contributed by atoms with Crippen molar-refractivity contribution in [2.24, 2.45) is 0 Å². The average Bonchev–Trinajstić information content (AvgIpc) is 3.81. The molecule has 0 bridgehead atoms. The van der Waals surface area contributed by atoms with E-state index in [0.29, 0.717) is 0 Å². The lowest BCUT2D eigenvalue weighted by atomic mass is 9.82. The third kappa shape index (κ3) is 4.15. The predicted octanol–water partition coefficient (Wildman–Crippen LogP) is 12.3. The minimum absolute atomic E-state index is 0.0198. The molecule has 4 heterocycles. The van der Waals surface area contributed by atoms with Crippen LogP contribution in [0.4, 0.5) is 0 Å². The van der Waals surface area contributed by atoms with E-state index in [-0.39, 0.29) is 5.41 Å². The summed E-state index contributed by atoms with van der Waals surface area (Å²) in [5.74, 6) is 0. The zero-order valence-corrected chi connectivity index (χ0v) is 30.5. The highest BCUT2D eigenvalue weighted by Gasteiger charge is 2.35. The van der Waals surface area contributed by atoms with Gasteiger partial charge in [0.15, 0.2) is 5.65 Å². The average molecular weight is 706 g/mol. The van der Waals surface area contributed by atoms with Crippen molar-refractivity contribution >= 4 is 49.3 Å². The van der Waals surface area contributed by atoms with Crippen LogP contribution in [0.2, 0.25) is 0 Å². The summed E-state index contributed by atoms with van der Waals surface area (Å²) in [4.78, 5) is 2.00. The normalized spacial score (nSPS) is 13.4. The molecule has 0 fully saturated rings. The third-order valence-corrected chi connectivity index (χ3v) is 12.1. The molecule has 1 aliphatic carbocycles. The second-order valence-electron chi connectivity index (χ2n) is 15.4. The largest absolute Gasteiger partial charge is 0.309 e. The molecule has 12 rings (SSSR count). The number of hydrogen-bond acceptors (Lipinski definition) is 1. The Labute approximate surface area is 317 Å². The van der Waals surface area contributed by atoms with Crippen LogP contribution in [0.5, 0.6) is 0 Å². The van der Waals surface area contributed by atoms with Gasteiger partial charge in [-0.3, -0.25) is 0 Å². The second kappa shape index (κ2) is 11.0. The molecular weight excluding hydrogens is 671 g/mol. The minimum Gasteiger partial charge on any atom is -0.309 e. The molecule has 5 nitrogen and oxygen atoms in total. The fourth-order valence-electron chi connectivity index (χ4n) is 9.42. The lowest BCUT2D eigenvalue weighted by Gasteiger charge is -2.22. The molecule has 0 N–H and O–H groups in total. The highest BCUT2D eigenvalue weighted by molar-refractivity contribution is 6.12. The molecule has 0 saturated heterocycles. The molecule has 0 amide bonds. The summed E-state index contributed by atoms with van der Waals surface area (Å²) in [6.45, 7) is 4.66. The molecule has 5 heteroatoms. The molecule has 0 saturated carbocycles. The Balaban J connectivity index is 0.985. The fraction of sp³-hybridized carbons (Fsp3) is 0.0600. The van der Waals surface area contributed by atoms with Crippen LogP contribution in [0.25, 0.3) is 88.3 Å². The van der Waals surface area contributed by atoms with Crippen LogP contribution >= 0.6 is 0 Å². The molecule has 0 unspecified atom stereocenters. The van der Waals surface area contributed by atoms with Crippen LogP contribution in [-0.4, -0.2) is 23.8 Å². The Kier molecular flexibility index (Phi) is 6.05. The minimum atomic E-state index is -0.0198. The van der Waals surface area contributed by atoms with Gasteiger partial charge in [0.1, 0.15) is 0 Å². The van der Waals surface area contributed by atoms with Gasteiger partial charge in [-0.2, -0.15) is 0 Å². The summed E-state index contributed by atoms with van der Waals surface area (Å²) in [6, 6.07) is 61.8. The summed E-state index contributed by atoms with van der Waals surface area (Å²) < 4.78 is 6.77. The summed E-state index contributed by atoms with van der Waals surface area (Å²) in [7, 11) is 0. The van der Waals surface area contributed by atoms with Gasteiger partial charge in [-0.25, -0.2) is 9.19 Å². The van der Waals surface area contributed by atoms with E-state index in [4.69, 9.17) is 5.10 Å². The maximum atomic E-state index is 5.20. The Bertz CT molecular complexity index is 3350. The molecular formula is C50H35N5. The molecule has 0 radical (unpaired) electrons. The van der Waals surface area contributed by atoms with Crippen molar-refractivity contribution in [3.05, 3.63) is 187 Å². The monoisotopic (exact) mass is 705 g/mol. The van der Waals surface area contributed by atoms with E-state index in [1.807, 2.05) is 4.91 Å². The molecule has 1 aliphatic rings. The number of benzene rings is 7. The lowest BCUT2D eigenvalue weighted by Crippen LogP contribution is -2.27. The van der Waals surface area contributed by atoms with Gasteiger partial charge in [0.25, 0.3) is 0 Å². The van der Waals surface area contributed by atoms with E-state index in [1.54, 1.807) is 0 Å². The summed E-state index contributed by atoms with van der Waals surface area (Å²) in [5.41, 5.74) is 16.8. The molecule has 0 aliphatic heterocycles. The Morgan fingerprint density at radius 2 is 1.02 bits per heavy atom. The molecule has 7 aromatic carbocycles. The first kappa shape index (κ1) is 30.4. The number of pyridine rings is 1. The van der Waals surface area contributed by atoms with Crippen LogP contribution in [0.15, 0.2) is 176 Å². The van der Waals surface area contributed by atoms with E-state index in [1.165, 1.54) is 77.2 Å². The van der Waals surface area contributed by atoms with Gasteiger partial charge in [0.2, 0.25) is 0 Å². The third-order valence-electron chi connectivity index (χ3n) is 12.1. The van der Waals surface area contributed by atoms with Crippen molar-refractivity contribution in [3.63, 3.8) is 0 Å². The predicted molar refractivity (Wildman–Crippen MR) is 226 cm³/mol. The fourth-order valence-corrected chi connectivity index (χ4v) is 9.42. The van der Waals surface area contributed by atoms with Crippen molar-refractivity contribution < 1.29 is 0 Å². The summed E-state index contributed by atoms with van der Waals surface area (Å²) in [5, 5.41) is 10.1. The number of fused-ring (bicyclic) bond motifs is 10. The molecule has 0 spiro atoms. The zero-order valence-electron chi connectivity index (χ0n) is 30.5. The lowest BCUT2D eigenvalue weighted by molar-refractivity contribution is 0.434.